The van der Waals surface area contributed by atoms with E-state index in [1.165, 1.54) is 48.6 Å². The number of esters is 1. The maximum absolute atomic E-state index is 11.5. The van der Waals surface area contributed by atoms with Crippen LogP contribution in [0.1, 0.15) is 34.3 Å². The van der Waals surface area contributed by atoms with Crippen molar-refractivity contribution in [3.63, 3.8) is 0 Å². The first kappa shape index (κ1) is 12.9. The molecule has 0 aromatic heterocycles. The molecule has 0 amide bonds. The molecular formula is C18H18O2. The second kappa shape index (κ2) is 5.49. The van der Waals surface area contributed by atoms with Gasteiger partial charge in [-0.25, -0.2) is 4.79 Å². The fraction of sp³-hybridized carbons (Fsp3) is 0.278. The monoisotopic (exact) mass is 266 g/mol. The Kier molecular flexibility index (Phi) is 3.55. The SMILES string of the molecule is COC(=O)c1ccc(-c2cccc3c2CCCC3)cc1. The summed E-state index contributed by atoms with van der Waals surface area (Å²) in [5, 5.41) is 0. The van der Waals surface area contributed by atoms with Crippen molar-refractivity contribution in [1.82, 2.24) is 0 Å². The fourth-order valence-corrected chi connectivity index (χ4v) is 2.96. The van der Waals surface area contributed by atoms with Crippen LogP contribution in [-0.2, 0) is 17.6 Å². The zero-order valence-electron chi connectivity index (χ0n) is 11.7. The van der Waals surface area contributed by atoms with E-state index < -0.39 is 0 Å². The minimum Gasteiger partial charge on any atom is -0.465 e. The minimum atomic E-state index is -0.286. The molecule has 20 heavy (non-hydrogen) atoms. The van der Waals surface area contributed by atoms with E-state index in [-0.39, 0.29) is 5.97 Å². The van der Waals surface area contributed by atoms with E-state index in [1.54, 1.807) is 0 Å². The van der Waals surface area contributed by atoms with E-state index in [4.69, 9.17) is 4.74 Å². The third-order valence-electron chi connectivity index (χ3n) is 4.01. The van der Waals surface area contributed by atoms with Gasteiger partial charge in [0.15, 0.2) is 0 Å². The van der Waals surface area contributed by atoms with E-state index in [0.717, 1.165) is 6.42 Å². The molecule has 0 unspecified atom stereocenters. The van der Waals surface area contributed by atoms with Crippen LogP contribution >= 0.6 is 0 Å². The molecule has 0 spiro atoms. The molecule has 0 N–H and O–H groups in total. The molecule has 2 nitrogen and oxygen atoms in total. The summed E-state index contributed by atoms with van der Waals surface area (Å²) in [5.41, 5.74) is 6.03. The van der Waals surface area contributed by atoms with Gasteiger partial charge in [0.05, 0.1) is 12.7 Å². The summed E-state index contributed by atoms with van der Waals surface area (Å²) >= 11 is 0. The largest absolute Gasteiger partial charge is 0.465 e. The Labute approximate surface area is 119 Å². The summed E-state index contributed by atoms with van der Waals surface area (Å²) in [6, 6.07) is 14.2. The quantitative estimate of drug-likeness (QED) is 0.767. The number of methoxy groups -OCH3 is 1. The van der Waals surface area contributed by atoms with Gasteiger partial charge in [-0.1, -0.05) is 30.3 Å². The molecule has 1 aliphatic carbocycles. The number of ether oxygens (including phenoxy) is 1. The first-order valence-corrected chi connectivity index (χ1v) is 7.09. The van der Waals surface area contributed by atoms with E-state index in [1.807, 2.05) is 24.3 Å². The van der Waals surface area contributed by atoms with Gasteiger partial charge in [0.1, 0.15) is 0 Å². The second-order valence-corrected chi connectivity index (χ2v) is 5.22. The molecule has 3 rings (SSSR count). The van der Waals surface area contributed by atoms with Gasteiger partial charge in [0.2, 0.25) is 0 Å². The number of carbonyl (C=O) groups is 1. The highest BCUT2D eigenvalue weighted by Gasteiger charge is 2.14. The predicted octanol–water partition coefficient (Wildman–Crippen LogP) is 4.02. The van der Waals surface area contributed by atoms with E-state index in [0.29, 0.717) is 5.56 Å². The number of benzene rings is 2. The molecule has 0 aliphatic heterocycles. The molecule has 0 atom stereocenters. The van der Waals surface area contributed by atoms with Crippen molar-refractivity contribution in [1.29, 1.82) is 0 Å². The number of rotatable bonds is 2. The first-order chi connectivity index (χ1) is 9.79. The van der Waals surface area contributed by atoms with Crippen LogP contribution in [0, 0.1) is 0 Å². The normalized spacial score (nSPS) is 13.7. The molecule has 1 aliphatic rings. The van der Waals surface area contributed by atoms with Crippen molar-refractivity contribution >= 4 is 5.97 Å². The van der Waals surface area contributed by atoms with Crippen LogP contribution < -0.4 is 0 Å². The van der Waals surface area contributed by atoms with Crippen LogP contribution in [0.5, 0.6) is 0 Å². The summed E-state index contributed by atoms with van der Waals surface area (Å²) in [6.07, 6.45) is 4.90. The molecule has 0 radical (unpaired) electrons. The Morgan fingerprint density at radius 3 is 2.50 bits per heavy atom. The Balaban J connectivity index is 1.99. The lowest BCUT2D eigenvalue weighted by atomic mass is 9.86. The molecule has 102 valence electrons. The summed E-state index contributed by atoms with van der Waals surface area (Å²) in [5.74, 6) is -0.286. The van der Waals surface area contributed by atoms with Crippen molar-refractivity contribution in [3.8, 4) is 11.1 Å². The van der Waals surface area contributed by atoms with Gasteiger partial charge in [0.25, 0.3) is 0 Å². The van der Waals surface area contributed by atoms with Crippen LogP contribution in [0.4, 0.5) is 0 Å². The zero-order chi connectivity index (χ0) is 13.9. The maximum Gasteiger partial charge on any atom is 0.337 e. The molecule has 0 bridgehead atoms. The average Bonchev–Trinajstić information content (AvgIpc) is 2.54. The average molecular weight is 266 g/mol. The fourth-order valence-electron chi connectivity index (χ4n) is 2.96. The number of carbonyl (C=O) groups excluding carboxylic acids is 1. The van der Waals surface area contributed by atoms with Gasteiger partial charge in [-0.3, -0.25) is 0 Å². The van der Waals surface area contributed by atoms with Crippen molar-refractivity contribution in [3.05, 3.63) is 59.2 Å². The van der Waals surface area contributed by atoms with Crippen molar-refractivity contribution < 1.29 is 9.53 Å². The molecule has 0 saturated carbocycles. The predicted molar refractivity (Wildman–Crippen MR) is 79.9 cm³/mol. The first-order valence-electron chi connectivity index (χ1n) is 7.09. The number of aryl methyl sites for hydroxylation is 1. The van der Waals surface area contributed by atoms with Crippen LogP contribution in [-0.4, -0.2) is 13.1 Å². The maximum atomic E-state index is 11.5. The van der Waals surface area contributed by atoms with Crippen LogP contribution in [0.3, 0.4) is 0 Å². The third kappa shape index (κ3) is 2.34. The standard InChI is InChI=1S/C18H18O2/c1-20-18(19)15-11-9-14(10-12-15)17-8-4-6-13-5-2-3-7-16(13)17/h4,6,8-12H,2-3,5,7H2,1H3. The molecule has 0 heterocycles. The van der Waals surface area contributed by atoms with Crippen molar-refractivity contribution in [2.24, 2.45) is 0 Å². The smallest absolute Gasteiger partial charge is 0.337 e. The lowest BCUT2D eigenvalue weighted by Gasteiger charge is -2.19. The molecule has 2 aromatic rings. The number of hydrogen-bond donors (Lipinski definition) is 0. The van der Waals surface area contributed by atoms with Crippen molar-refractivity contribution in [2.45, 2.75) is 25.7 Å². The summed E-state index contributed by atoms with van der Waals surface area (Å²) in [7, 11) is 1.41. The van der Waals surface area contributed by atoms with E-state index >= 15 is 0 Å². The Bertz CT molecular complexity index is 626. The lowest BCUT2D eigenvalue weighted by Crippen LogP contribution is -2.04. The van der Waals surface area contributed by atoms with Gasteiger partial charge in [-0.15, -0.1) is 0 Å². The Morgan fingerprint density at radius 1 is 1.00 bits per heavy atom. The molecular weight excluding hydrogens is 248 g/mol. The third-order valence-corrected chi connectivity index (χ3v) is 4.01. The van der Waals surface area contributed by atoms with Gasteiger partial charge >= 0.3 is 5.97 Å². The highest BCUT2D eigenvalue weighted by molar-refractivity contribution is 5.90. The van der Waals surface area contributed by atoms with E-state index in [2.05, 4.69) is 18.2 Å². The van der Waals surface area contributed by atoms with E-state index in [9.17, 15) is 4.79 Å². The topological polar surface area (TPSA) is 26.3 Å². The van der Waals surface area contributed by atoms with Crippen LogP contribution in [0.15, 0.2) is 42.5 Å². The molecule has 0 saturated heterocycles. The van der Waals surface area contributed by atoms with Crippen LogP contribution in [0.2, 0.25) is 0 Å². The number of hydrogen-bond acceptors (Lipinski definition) is 2. The summed E-state index contributed by atoms with van der Waals surface area (Å²) in [4.78, 5) is 11.5. The van der Waals surface area contributed by atoms with Gasteiger partial charge in [0, 0.05) is 0 Å². The van der Waals surface area contributed by atoms with Crippen LogP contribution in [0.25, 0.3) is 11.1 Å². The Hall–Kier alpha value is -2.09. The highest BCUT2D eigenvalue weighted by Crippen LogP contribution is 2.31. The molecule has 2 heteroatoms. The second-order valence-electron chi connectivity index (χ2n) is 5.22. The number of fused-ring (bicyclic) bond motifs is 1. The molecule has 0 fully saturated rings. The van der Waals surface area contributed by atoms with Gasteiger partial charge < -0.3 is 4.74 Å². The summed E-state index contributed by atoms with van der Waals surface area (Å²) in [6.45, 7) is 0. The van der Waals surface area contributed by atoms with Gasteiger partial charge in [-0.2, -0.15) is 0 Å². The lowest BCUT2D eigenvalue weighted by molar-refractivity contribution is 0.0601. The zero-order valence-corrected chi connectivity index (χ0v) is 11.7. The highest BCUT2D eigenvalue weighted by atomic mass is 16.5. The summed E-state index contributed by atoms with van der Waals surface area (Å²) < 4.78 is 4.73. The Morgan fingerprint density at radius 2 is 1.75 bits per heavy atom. The minimum absolute atomic E-state index is 0.286. The van der Waals surface area contributed by atoms with Crippen molar-refractivity contribution in [2.75, 3.05) is 7.11 Å². The van der Waals surface area contributed by atoms with Gasteiger partial charge in [-0.05, 0) is 60.1 Å². The molecule has 2 aromatic carbocycles.